The molecule has 0 aromatic carbocycles. The Morgan fingerprint density at radius 1 is 1.18 bits per heavy atom. The fourth-order valence-corrected chi connectivity index (χ4v) is 8.05. The van der Waals surface area contributed by atoms with Crippen molar-refractivity contribution in [2.75, 3.05) is 19.8 Å². The average molecular weight is 559 g/mol. The highest BCUT2D eigenvalue weighted by Crippen LogP contribution is 2.72. The van der Waals surface area contributed by atoms with E-state index in [0.29, 0.717) is 31.6 Å². The van der Waals surface area contributed by atoms with Crippen LogP contribution >= 0.6 is 0 Å². The van der Waals surface area contributed by atoms with E-state index >= 15 is 0 Å². The summed E-state index contributed by atoms with van der Waals surface area (Å²) in [7, 11) is 0. The van der Waals surface area contributed by atoms with E-state index in [0.717, 1.165) is 5.57 Å². The Morgan fingerprint density at radius 2 is 1.98 bits per heavy atom. The molecule has 1 saturated carbocycles. The summed E-state index contributed by atoms with van der Waals surface area (Å²) in [6, 6.07) is 0. The molecule has 0 radical (unpaired) electrons. The molecule has 7 rings (SSSR count). The van der Waals surface area contributed by atoms with Crippen molar-refractivity contribution in [3.05, 3.63) is 35.6 Å². The molecule has 216 valence electrons. The lowest BCUT2D eigenvalue weighted by Crippen LogP contribution is -2.68. The number of aliphatic hydroxyl groups is 1. The van der Waals surface area contributed by atoms with E-state index in [2.05, 4.69) is 0 Å². The average Bonchev–Trinajstić information content (AvgIpc) is 3.81. The van der Waals surface area contributed by atoms with E-state index in [1.807, 2.05) is 19.9 Å². The SMILES string of the molecule is CC(=O)O[C@H]1C[C@@]23COC(=O)[C@H]4O[C@@]45CCOC(=CCC=CC(=O)O[C@@H]4CC(OC2C=C1C)C1(CO1)[C@]43C)C5O. The molecule has 10 atom stereocenters. The molecule has 0 amide bonds. The first-order valence-electron chi connectivity index (χ1n) is 13.9. The summed E-state index contributed by atoms with van der Waals surface area (Å²) in [6.45, 7) is 5.83. The molecule has 4 unspecified atom stereocenters. The fraction of sp³-hybridized carbons (Fsp3) is 0.690. The van der Waals surface area contributed by atoms with Crippen LogP contribution in [0.15, 0.2) is 35.6 Å². The largest absolute Gasteiger partial charge is 0.495 e. The maximum atomic E-state index is 13.5. The van der Waals surface area contributed by atoms with E-state index in [1.54, 1.807) is 12.2 Å². The third-order valence-electron chi connectivity index (χ3n) is 10.5. The van der Waals surface area contributed by atoms with Crippen LogP contribution in [0.25, 0.3) is 0 Å². The van der Waals surface area contributed by atoms with Crippen LogP contribution in [0.1, 0.15) is 46.5 Å². The second kappa shape index (κ2) is 8.64. The van der Waals surface area contributed by atoms with Crippen LogP contribution in [-0.2, 0) is 47.5 Å². The summed E-state index contributed by atoms with van der Waals surface area (Å²) in [4.78, 5) is 38.6. The maximum Gasteiger partial charge on any atom is 0.338 e. The Bertz CT molecular complexity index is 1250. The van der Waals surface area contributed by atoms with Gasteiger partial charge in [-0.3, -0.25) is 4.79 Å². The van der Waals surface area contributed by atoms with Crippen LogP contribution < -0.4 is 0 Å². The highest BCUT2D eigenvalue weighted by Gasteiger charge is 2.83. The van der Waals surface area contributed by atoms with Crippen LogP contribution in [0.4, 0.5) is 0 Å². The normalized spacial score (nSPS) is 48.9. The minimum absolute atomic E-state index is 0.110. The van der Waals surface area contributed by atoms with Crippen molar-refractivity contribution in [2.45, 2.75) is 94.3 Å². The number of esters is 3. The third-order valence-corrected chi connectivity index (χ3v) is 10.5. The molecule has 4 saturated heterocycles. The summed E-state index contributed by atoms with van der Waals surface area (Å²) in [6.07, 6.45) is 3.84. The standard InChI is InChI=1S/C29H34O11/c1-15-10-20-27(12-18(15)37-16(2)30)13-35-25(33)24-28(40-24)8-9-34-17(23(28)32)6-4-5-7-22(31)39-19-11-21(38-20)29(14-36-29)26(19,27)3/h5-7,10,18-21,23-24,32H,4,8-9,11-14H2,1-3H3/t18-,19+,20?,21?,23?,24+,26+,27+,28+,29?/m0/s1. The number of fused-ring (bicyclic) bond motifs is 1. The van der Waals surface area contributed by atoms with Crippen molar-refractivity contribution in [1.29, 1.82) is 0 Å². The first kappa shape index (κ1) is 26.2. The number of epoxide rings is 2. The number of hydrogen-bond acceptors (Lipinski definition) is 11. The van der Waals surface area contributed by atoms with E-state index in [9.17, 15) is 19.5 Å². The molecule has 5 aliphatic heterocycles. The van der Waals surface area contributed by atoms with Gasteiger partial charge >= 0.3 is 17.9 Å². The molecule has 1 N–H and O–H groups in total. The van der Waals surface area contributed by atoms with Crippen molar-refractivity contribution < 1.29 is 52.6 Å². The second-order valence-electron chi connectivity index (χ2n) is 12.3. The highest BCUT2D eigenvalue weighted by molar-refractivity contribution is 5.82. The van der Waals surface area contributed by atoms with Crippen molar-refractivity contribution in [1.82, 2.24) is 0 Å². The molecule has 5 heterocycles. The molecule has 3 spiro atoms. The van der Waals surface area contributed by atoms with Crippen molar-refractivity contribution in [3.63, 3.8) is 0 Å². The predicted molar refractivity (Wildman–Crippen MR) is 133 cm³/mol. The van der Waals surface area contributed by atoms with Gasteiger partial charge in [-0.25, -0.2) is 9.59 Å². The van der Waals surface area contributed by atoms with Gasteiger partial charge in [0.2, 0.25) is 0 Å². The van der Waals surface area contributed by atoms with Gasteiger partial charge < -0.3 is 38.3 Å². The molecule has 11 nitrogen and oxygen atoms in total. The number of allylic oxidation sites excluding steroid dienone is 2. The highest BCUT2D eigenvalue weighted by atomic mass is 16.7. The van der Waals surface area contributed by atoms with Crippen LogP contribution in [0.2, 0.25) is 0 Å². The number of rotatable bonds is 1. The lowest BCUT2D eigenvalue weighted by molar-refractivity contribution is -0.240. The van der Waals surface area contributed by atoms with Crippen LogP contribution in [0.5, 0.6) is 0 Å². The van der Waals surface area contributed by atoms with Crippen LogP contribution in [0.3, 0.4) is 0 Å². The summed E-state index contributed by atoms with van der Waals surface area (Å²) >= 11 is 0. The first-order valence-corrected chi connectivity index (χ1v) is 13.9. The van der Waals surface area contributed by atoms with Gasteiger partial charge in [0.15, 0.2) is 6.10 Å². The molecule has 5 fully saturated rings. The van der Waals surface area contributed by atoms with Crippen molar-refractivity contribution >= 4 is 17.9 Å². The summed E-state index contributed by atoms with van der Waals surface area (Å²) in [5, 5.41) is 11.0. The van der Waals surface area contributed by atoms with E-state index in [-0.39, 0.29) is 25.7 Å². The molecule has 4 bridgehead atoms. The minimum Gasteiger partial charge on any atom is -0.495 e. The van der Waals surface area contributed by atoms with Gasteiger partial charge in [-0.2, -0.15) is 0 Å². The molecule has 7 aliphatic rings. The number of carbonyl (C=O) groups is 3. The maximum absolute atomic E-state index is 13.5. The molecule has 0 aromatic rings. The number of ether oxygens (including phenoxy) is 7. The summed E-state index contributed by atoms with van der Waals surface area (Å²) < 4.78 is 42.1. The Hall–Kier alpha value is -2.73. The molecular formula is C29H34O11. The number of hydrogen-bond donors (Lipinski definition) is 1. The number of aliphatic hydroxyl groups excluding tert-OH is 1. The zero-order valence-electron chi connectivity index (χ0n) is 22.8. The van der Waals surface area contributed by atoms with Crippen molar-refractivity contribution in [3.8, 4) is 0 Å². The third kappa shape index (κ3) is 3.41. The first-order chi connectivity index (χ1) is 19.1. The minimum atomic E-state index is -1.15. The van der Waals surface area contributed by atoms with Crippen LogP contribution in [-0.4, -0.2) is 90.7 Å². The van der Waals surface area contributed by atoms with Crippen LogP contribution in [0, 0.1) is 10.8 Å². The lowest BCUT2D eigenvalue weighted by Gasteiger charge is -2.59. The fourth-order valence-electron chi connectivity index (χ4n) is 8.05. The number of cyclic esters (lactones) is 1. The van der Waals surface area contributed by atoms with E-state index in [1.165, 1.54) is 13.0 Å². The Balaban J connectivity index is 1.31. The molecule has 2 aliphatic carbocycles. The lowest BCUT2D eigenvalue weighted by atomic mass is 9.51. The second-order valence-corrected chi connectivity index (χ2v) is 12.3. The Labute approximate surface area is 231 Å². The summed E-state index contributed by atoms with van der Waals surface area (Å²) in [5.41, 5.74) is -2.81. The number of carbonyl (C=O) groups excluding carboxylic acids is 3. The zero-order valence-corrected chi connectivity index (χ0v) is 22.8. The van der Waals surface area contributed by atoms with Gasteiger partial charge in [-0.15, -0.1) is 0 Å². The Kier molecular flexibility index (Phi) is 5.66. The monoisotopic (exact) mass is 558 g/mol. The molecule has 0 aromatic heterocycles. The Morgan fingerprint density at radius 3 is 2.73 bits per heavy atom. The molecule has 11 heteroatoms. The van der Waals surface area contributed by atoms with Crippen molar-refractivity contribution in [2.24, 2.45) is 10.8 Å². The quantitative estimate of drug-likeness (QED) is 0.216. The topological polar surface area (TPSA) is 143 Å². The van der Waals surface area contributed by atoms with Gasteiger partial charge in [-0.1, -0.05) is 19.1 Å². The summed E-state index contributed by atoms with van der Waals surface area (Å²) in [5.74, 6) is -1.25. The van der Waals surface area contributed by atoms with Gasteiger partial charge in [0, 0.05) is 32.3 Å². The smallest absolute Gasteiger partial charge is 0.338 e. The van der Waals surface area contributed by atoms with Gasteiger partial charge in [0.25, 0.3) is 0 Å². The molecule has 40 heavy (non-hydrogen) atoms. The van der Waals surface area contributed by atoms with E-state index in [4.69, 9.17) is 33.2 Å². The van der Waals surface area contributed by atoms with Gasteiger partial charge in [0.1, 0.15) is 41.9 Å². The predicted octanol–water partition coefficient (Wildman–Crippen LogP) is 1.42. The van der Waals surface area contributed by atoms with E-state index < -0.39 is 70.5 Å². The van der Waals surface area contributed by atoms with Gasteiger partial charge in [-0.05, 0) is 25.0 Å². The zero-order chi connectivity index (χ0) is 28.1. The molecular weight excluding hydrogens is 524 g/mol. The van der Waals surface area contributed by atoms with Gasteiger partial charge in [0.05, 0.1) is 36.3 Å².